The first-order valence-electron chi connectivity index (χ1n) is 8.77. The Morgan fingerprint density at radius 3 is 2.42 bits per heavy atom. The van der Waals surface area contributed by atoms with Crippen LogP contribution in [-0.4, -0.2) is 37.0 Å². The summed E-state index contributed by atoms with van der Waals surface area (Å²) in [6.45, 7) is 6.80. The third-order valence-electron chi connectivity index (χ3n) is 3.84. The molecule has 0 radical (unpaired) electrons. The number of aryl methyl sites for hydroxylation is 2. The molecule has 0 aliphatic rings. The summed E-state index contributed by atoms with van der Waals surface area (Å²) in [5, 5.41) is 9.62. The molecule has 0 saturated carbocycles. The SMILES string of the molecule is CCC(COCCOc1ccccc1O)OC(=O)c1cc(C)cc(C)c1. The van der Waals surface area contributed by atoms with Gasteiger partial charge in [-0.3, -0.25) is 0 Å². The Balaban J connectivity index is 1.75. The van der Waals surface area contributed by atoms with E-state index in [2.05, 4.69) is 0 Å². The van der Waals surface area contributed by atoms with Crippen molar-refractivity contribution in [1.29, 1.82) is 0 Å². The minimum Gasteiger partial charge on any atom is -0.504 e. The Morgan fingerprint density at radius 2 is 1.77 bits per heavy atom. The van der Waals surface area contributed by atoms with E-state index in [9.17, 15) is 9.90 Å². The zero-order chi connectivity index (χ0) is 18.9. The van der Waals surface area contributed by atoms with Crippen LogP contribution in [0.25, 0.3) is 0 Å². The van der Waals surface area contributed by atoms with E-state index in [1.165, 1.54) is 0 Å². The lowest BCUT2D eigenvalue weighted by atomic mass is 10.1. The maximum Gasteiger partial charge on any atom is 0.338 e. The Kier molecular flexibility index (Phi) is 7.48. The van der Waals surface area contributed by atoms with Gasteiger partial charge in [0.15, 0.2) is 11.5 Å². The number of carbonyl (C=O) groups is 1. The summed E-state index contributed by atoms with van der Waals surface area (Å²) >= 11 is 0. The number of phenols is 1. The molecule has 2 aromatic carbocycles. The summed E-state index contributed by atoms with van der Waals surface area (Å²) in [5.41, 5.74) is 2.62. The van der Waals surface area contributed by atoms with Crippen LogP contribution in [0.3, 0.4) is 0 Å². The number of esters is 1. The molecule has 0 bridgehead atoms. The van der Waals surface area contributed by atoms with E-state index < -0.39 is 0 Å². The molecule has 5 nitrogen and oxygen atoms in total. The van der Waals surface area contributed by atoms with Crippen LogP contribution in [-0.2, 0) is 9.47 Å². The van der Waals surface area contributed by atoms with Crippen LogP contribution in [0.4, 0.5) is 0 Å². The topological polar surface area (TPSA) is 65.0 Å². The second-order valence-electron chi connectivity index (χ2n) is 6.20. The van der Waals surface area contributed by atoms with Gasteiger partial charge in [0.2, 0.25) is 0 Å². The van der Waals surface area contributed by atoms with Gasteiger partial charge < -0.3 is 19.3 Å². The van der Waals surface area contributed by atoms with Gasteiger partial charge in [0.05, 0.1) is 18.8 Å². The molecule has 0 aliphatic heterocycles. The predicted molar refractivity (Wildman–Crippen MR) is 99.8 cm³/mol. The fourth-order valence-corrected chi connectivity index (χ4v) is 2.55. The zero-order valence-electron chi connectivity index (χ0n) is 15.5. The zero-order valence-corrected chi connectivity index (χ0v) is 15.5. The van der Waals surface area contributed by atoms with Crippen molar-refractivity contribution in [2.75, 3.05) is 19.8 Å². The Morgan fingerprint density at radius 1 is 1.08 bits per heavy atom. The fraction of sp³-hybridized carbons (Fsp3) is 0.381. The van der Waals surface area contributed by atoms with Gasteiger partial charge in [0, 0.05) is 0 Å². The minimum absolute atomic E-state index is 0.0984. The van der Waals surface area contributed by atoms with Gasteiger partial charge in [-0.05, 0) is 44.5 Å². The maximum atomic E-state index is 12.3. The monoisotopic (exact) mass is 358 g/mol. The summed E-state index contributed by atoms with van der Waals surface area (Å²) in [5.74, 6) is 0.184. The van der Waals surface area contributed by atoms with Gasteiger partial charge in [0.25, 0.3) is 0 Å². The van der Waals surface area contributed by atoms with Crippen molar-refractivity contribution in [1.82, 2.24) is 0 Å². The van der Waals surface area contributed by atoms with Crippen molar-refractivity contribution in [2.45, 2.75) is 33.3 Å². The highest BCUT2D eigenvalue weighted by Gasteiger charge is 2.15. The van der Waals surface area contributed by atoms with Gasteiger partial charge in [-0.2, -0.15) is 0 Å². The average molecular weight is 358 g/mol. The molecular weight excluding hydrogens is 332 g/mol. The van der Waals surface area contributed by atoms with Gasteiger partial charge >= 0.3 is 5.97 Å². The molecule has 0 heterocycles. The number of hydrogen-bond acceptors (Lipinski definition) is 5. The van der Waals surface area contributed by atoms with Crippen molar-refractivity contribution in [2.24, 2.45) is 0 Å². The van der Waals surface area contributed by atoms with Crippen LogP contribution < -0.4 is 4.74 Å². The number of hydrogen-bond donors (Lipinski definition) is 1. The molecule has 26 heavy (non-hydrogen) atoms. The van der Waals surface area contributed by atoms with Crippen LogP contribution in [0.1, 0.15) is 34.8 Å². The summed E-state index contributed by atoms with van der Waals surface area (Å²) in [4.78, 5) is 12.3. The molecule has 0 aliphatic carbocycles. The summed E-state index contributed by atoms with van der Waals surface area (Å²) < 4.78 is 16.5. The fourth-order valence-electron chi connectivity index (χ4n) is 2.55. The largest absolute Gasteiger partial charge is 0.504 e. The lowest BCUT2D eigenvalue weighted by Gasteiger charge is -2.17. The molecule has 0 amide bonds. The summed E-state index contributed by atoms with van der Waals surface area (Å²) in [6, 6.07) is 12.4. The highest BCUT2D eigenvalue weighted by Crippen LogP contribution is 2.24. The number of phenolic OH excluding ortho intramolecular Hbond substituents is 1. The van der Waals surface area contributed by atoms with Crippen molar-refractivity contribution >= 4 is 5.97 Å². The molecule has 0 fully saturated rings. The first kappa shape index (κ1) is 19.8. The molecule has 2 rings (SSSR count). The van der Waals surface area contributed by atoms with Crippen molar-refractivity contribution in [3.8, 4) is 11.5 Å². The van der Waals surface area contributed by atoms with Crippen molar-refractivity contribution in [3.63, 3.8) is 0 Å². The number of aromatic hydroxyl groups is 1. The van der Waals surface area contributed by atoms with E-state index in [0.29, 0.717) is 37.6 Å². The van der Waals surface area contributed by atoms with Crippen molar-refractivity contribution in [3.05, 3.63) is 59.2 Å². The molecule has 140 valence electrons. The van der Waals surface area contributed by atoms with Crippen LogP contribution >= 0.6 is 0 Å². The standard InChI is InChI=1S/C21H26O5/c1-4-18(26-21(23)17-12-15(2)11-16(3)13-17)14-24-9-10-25-20-8-6-5-7-19(20)22/h5-8,11-13,18,22H,4,9-10,14H2,1-3H3. The third kappa shape index (κ3) is 6.08. The van der Waals surface area contributed by atoms with E-state index in [0.717, 1.165) is 11.1 Å². The number of carbonyl (C=O) groups excluding carboxylic acids is 1. The number of benzene rings is 2. The molecule has 5 heteroatoms. The van der Waals surface area contributed by atoms with Gasteiger partial charge in [-0.15, -0.1) is 0 Å². The third-order valence-corrected chi connectivity index (χ3v) is 3.84. The van der Waals surface area contributed by atoms with Crippen molar-refractivity contribution < 1.29 is 24.1 Å². The summed E-state index contributed by atoms with van der Waals surface area (Å²) in [7, 11) is 0. The number of rotatable bonds is 9. The molecule has 1 N–H and O–H groups in total. The van der Waals surface area contributed by atoms with Crippen LogP contribution in [0.5, 0.6) is 11.5 Å². The van der Waals surface area contributed by atoms with Gasteiger partial charge in [-0.25, -0.2) is 4.79 Å². The Hall–Kier alpha value is -2.53. The second kappa shape index (κ2) is 9.82. The second-order valence-corrected chi connectivity index (χ2v) is 6.20. The predicted octanol–water partition coefficient (Wildman–Crippen LogP) is 4.04. The highest BCUT2D eigenvalue weighted by molar-refractivity contribution is 5.90. The molecule has 0 spiro atoms. The molecule has 1 atom stereocenters. The van der Waals surface area contributed by atoms with Crippen LogP contribution in [0.2, 0.25) is 0 Å². The molecule has 1 unspecified atom stereocenters. The van der Waals surface area contributed by atoms with E-state index in [1.54, 1.807) is 24.3 Å². The van der Waals surface area contributed by atoms with Crippen LogP contribution in [0, 0.1) is 13.8 Å². The first-order chi connectivity index (χ1) is 12.5. The smallest absolute Gasteiger partial charge is 0.338 e. The molecule has 2 aromatic rings. The lowest BCUT2D eigenvalue weighted by molar-refractivity contribution is -0.00997. The lowest BCUT2D eigenvalue weighted by Crippen LogP contribution is -2.24. The van der Waals surface area contributed by atoms with Gasteiger partial charge in [0.1, 0.15) is 12.7 Å². The number of para-hydroxylation sites is 2. The van der Waals surface area contributed by atoms with E-state index >= 15 is 0 Å². The highest BCUT2D eigenvalue weighted by atomic mass is 16.6. The first-order valence-corrected chi connectivity index (χ1v) is 8.77. The summed E-state index contributed by atoms with van der Waals surface area (Å²) in [6.07, 6.45) is 0.352. The van der Waals surface area contributed by atoms with E-state index in [1.807, 2.05) is 39.0 Å². The van der Waals surface area contributed by atoms with E-state index in [4.69, 9.17) is 14.2 Å². The normalized spacial score (nSPS) is 11.8. The number of ether oxygens (including phenoxy) is 3. The molecular formula is C21H26O5. The molecule has 0 saturated heterocycles. The maximum absolute atomic E-state index is 12.3. The minimum atomic E-state index is -0.335. The van der Waals surface area contributed by atoms with E-state index in [-0.39, 0.29) is 17.8 Å². The molecule has 0 aromatic heterocycles. The Bertz CT molecular complexity index is 706. The quantitative estimate of drug-likeness (QED) is 0.541. The Labute approximate surface area is 154 Å². The average Bonchev–Trinajstić information content (AvgIpc) is 2.61. The van der Waals surface area contributed by atoms with Gasteiger partial charge in [-0.1, -0.05) is 36.2 Å². The van der Waals surface area contributed by atoms with Crippen LogP contribution in [0.15, 0.2) is 42.5 Å².